The van der Waals surface area contributed by atoms with E-state index in [0.717, 1.165) is 12.8 Å². The zero-order valence-corrected chi connectivity index (χ0v) is 11.2. The summed E-state index contributed by atoms with van der Waals surface area (Å²) in [5, 5.41) is 0. The van der Waals surface area contributed by atoms with Gasteiger partial charge in [0.1, 0.15) is 0 Å². The van der Waals surface area contributed by atoms with Gasteiger partial charge in [0.2, 0.25) is 0 Å². The summed E-state index contributed by atoms with van der Waals surface area (Å²) in [4.78, 5) is 0. The molecule has 0 saturated heterocycles. The first-order chi connectivity index (χ1) is 8.63. The van der Waals surface area contributed by atoms with Crippen molar-refractivity contribution in [1.82, 2.24) is 0 Å². The number of benzene rings is 2. The standard InChI is InChI=1S/C17H21N/c1-13-8-14(2)10-16(9-13)12-17(18)11-15-6-4-3-5-7-15/h3-10,17H,11-12,18H2,1-2H3. The van der Waals surface area contributed by atoms with Gasteiger partial charge in [-0.05, 0) is 37.8 Å². The van der Waals surface area contributed by atoms with Gasteiger partial charge in [-0.2, -0.15) is 0 Å². The number of rotatable bonds is 4. The van der Waals surface area contributed by atoms with Crippen molar-refractivity contribution < 1.29 is 0 Å². The second kappa shape index (κ2) is 5.83. The largest absolute Gasteiger partial charge is 0.327 e. The highest BCUT2D eigenvalue weighted by molar-refractivity contribution is 5.29. The van der Waals surface area contributed by atoms with Crippen LogP contribution in [0.25, 0.3) is 0 Å². The number of hydrogen-bond acceptors (Lipinski definition) is 1. The van der Waals surface area contributed by atoms with Gasteiger partial charge in [0.25, 0.3) is 0 Å². The maximum atomic E-state index is 6.24. The zero-order chi connectivity index (χ0) is 13.0. The molecule has 2 rings (SSSR count). The molecule has 0 fully saturated rings. The molecule has 2 aromatic carbocycles. The highest BCUT2D eigenvalue weighted by Gasteiger charge is 2.06. The molecule has 1 atom stereocenters. The van der Waals surface area contributed by atoms with E-state index < -0.39 is 0 Å². The lowest BCUT2D eigenvalue weighted by Crippen LogP contribution is -2.25. The van der Waals surface area contributed by atoms with Crippen LogP contribution < -0.4 is 5.73 Å². The van der Waals surface area contributed by atoms with Crippen molar-refractivity contribution >= 4 is 0 Å². The van der Waals surface area contributed by atoms with Crippen LogP contribution in [0.1, 0.15) is 22.3 Å². The predicted octanol–water partition coefficient (Wildman–Crippen LogP) is 3.42. The highest BCUT2D eigenvalue weighted by atomic mass is 14.6. The lowest BCUT2D eigenvalue weighted by atomic mass is 9.97. The minimum absolute atomic E-state index is 0.189. The molecule has 1 heteroatoms. The Morgan fingerprint density at radius 1 is 0.833 bits per heavy atom. The molecule has 1 unspecified atom stereocenters. The fourth-order valence-electron chi connectivity index (χ4n) is 2.48. The minimum Gasteiger partial charge on any atom is -0.327 e. The third-order valence-corrected chi connectivity index (χ3v) is 3.12. The summed E-state index contributed by atoms with van der Waals surface area (Å²) in [6, 6.07) is 17.3. The summed E-state index contributed by atoms with van der Waals surface area (Å²) < 4.78 is 0. The molecule has 0 aliphatic heterocycles. The molecule has 94 valence electrons. The van der Waals surface area contributed by atoms with Crippen molar-refractivity contribution in [3.8, 4) is 0 Å². The van der Waals surface area contributed by atoms with Crippen LogP contribution >= 0.6 is 0 Å². The molecule has 18 heavy (non-hydrogen) atoms. The van der Waals surface area contributed by atoms with Gasteiger partial charge in [0.05, 0.1) is 0 Å². The van der Waals surface area contributed by atoms with E-state index in [-0.39, 0.29) is 6.04 Å². The quantitative estimate of drug-likeness (QED) is 0.869. The molecule has 0 aromatic heterocycles. The van der Waals surface area contributed by atoms with Gasteiger partial charge in [0, 0.05) is 6.04 Å². The molecule has 2 N–H and O–H groups in total. The van der Waals surface area contributed by atoms with Crippen LogP contribution in [0.4, 0.5) is 0 Å². The van der Waals surface area contributed by atoms with Crippen LogP contribution in [-0.4, -0.2) is 6.04 Å². The first-order valence-electron chi connectivity index (χ1n) is 6.50. The topological polar surface area (TPSA) is 26.0 Å². The maximum absolute atomic E-state index is 6.24. The Labute approximate surface area is 110 Å². The van der Waals surface area contributed by atoms with Gasteiger partial charge in [-0.3, -0.25) is 0 Å². The van der Waals surface area contributed by atoms with Gasteiger partial charge < -0.3 is 5.73 Å². The van der Waals surface area contributed by atoms with Gasteiger partial charge in [0.15, 0.2) is 0 Å². The molecule has 0 spiro atoms. The summed E-state index contributed by atoms with van der Waals surface area (Å²) in [5.74, 6) is 0. The van der Waals surface area contributed by atoms with Crippen LogP contribution in [0.5, 0.6) is 0 Å². The first-order valence-corrected chi connectivity index (χ1v) is 6.50. The second-order valence-electron chi connectivity index (χ2n) is 5.15. The van der Waals surface area contributed by atoms with Crippen molar-refractivity contribution in [3.05, 3.63) is 70.8 Å². The average molecular weight is 239 g/mol. The SMILES string of the molecule is Cc1cc(C)cc(CC(N)Cc2ccccc2)c1. The smallest absolute Gasteiger partial charge is 0.0120 e. The number of aryl methyl sites for hydroxylation is 2. The molecular formula is C17H21N. The summed E-state index contributed by atoms with van der Waals surface area (Å²) in [5.41, 5.74) is 11.5. The first kappa shape index (κ1) is 12.8. The Morgan fingerprint density at radius 3 is 2.00 bits per heavy atom. The van der Waals surface area contributed by atoms with Gasteiger partial charge >= 0.3 is 0 Å². The van der Waals surface area contributed by atoms with Crippen molar-refractivity contribution in [3.63, 3.8) is 0 Å². The van der Waals surface area contributed by atoms with Crippen molar-refractivity contribution in [2.75, 3.05) is 0 Å². The normalized spacial score (nSPS) is 12.4. The summed E-state index contributed by atoms with van der Waals surface area (Å²) >= 11 is 0. The van der Waals surface area contributed by atoms with Crippen molar-refractivity contribution in [1.29, 1.82) is 0 Å². The lowest BCUT2D eigenvalue weighted by Gasteiger charge is -2.13. The predicted molar refractivity (Wildman–Crippen MR) is 77.7 cm³/mol. The molecule has 0 bridgehead atoms. The third kappa shape index (κ3) is 3.71. The Balaban J connectivity index is 2.01. The van der Waals surface area contributed by atoms with E-state index in [4.69, 9.17) is 5.73 Å². The van der Waals surface area contributed by atoms with E-state index in [1.807, 2.05) is 6.07 Å². The maximum Gasteiger partial charge on any atom is 0.0120 e. The van der Waals surface area contributed by atoms with Gasteiger partial charge in [-0.15, -0.1) is 0 Å². The highest BCUT2D eigenvalue weighted by Crippen LogP contribution is 2.12. The lowest BCUT2D eigenvalue weighted by molar-refractivity contribution is 0.664. The molecule has 0 saturated carbocycles. The molecule has 0 aliphatic rings. The molecule has 1 nitrogen and oxygen atoms in total. The van der Waals surface area contributed by atoms with E-state index >= 15 is 0 Å². The Bertz CT molecular complexity index is 482. The molecular weight excluding hydrogens is 218 g/mol. The van der Waals surface area contributed by atoms with Crippen LogP contribution in [-0.2, 0) is 12.8 Å². The van der Waals surface area contributed by atoms with E-state index in [9.17, 15) is 0 Å². The average Bonchev–Trinajstić information content (AvgIpc) is 2.28. The Kier molecular flexibility index (Phi) is 4.16. The summed E-state index contributed by atoms with van der Waals surface area (Å²) in [6.07, 6.45) is 1.88. The zero-order valence-electron chi connectivity index (χ0n) is 11.2. The Morgan fingerprint density at radius 2 is 1.39 bits per heavy atom. The van der Waals surface area contributed by atoms with Crippen LogP contribution in [0, 0.1) is 13.8 Å². The number of nitrogens with two attached hydrogens (primary N) is 1. The second-order valence-corrected chi connectivity index (χ2v) is 5.15. The summed E-state index contributed by atoms with van der Waals surface area (Å²) in [7, 11) is 0. The van der Waals surface area contributed by atoms with E-state index in [2.05, 4.69) is 56.3 Å². The summed E-state index contributed by atoms with van der Waals surface area (Å²) in [6.45, 7) is 4.28. The van der Waals surface area contributed by atoms with E-state index in [1.165, 1.54) is 22.3 Å². The van der Waals surface area contributed by atoms with Crippen molar-refractivity contribution in [2.24, 2.45) is 5.73 Å². The van der Waals surface area contributed by atoms with Gasteiger partial charge in [-0.25, -0.2) is 0 Å². The fourth-order valence-corrected chi connectivity index (χ4v) is 2.48. The van der Waals surface area contributed by atoms with Crippen molar-refractivity contribution in [2.45, 2.75) is 32.7 Å². The molecule has 0 amide bonds. The van der Waals surface area contributed by atoms with Crippen LogP contribution in [0.15, 0.2) is 48.5 Å². The van der Waals surface area contributed by atoms with E-state index in [0.29, 0.717) is 0 Å². The number of hydrogen-bond donors (Lipinski definition) is 1. The van der Waals surface area contributed by atoms with Gasteiger partial charge in [-0.1, -0.05) is 59.7 Å². The Hall–Kier alpha value is -1.60. The van der Waals surface area contributed by atoms with Crippen LogP contribution in [0.3, 0.4) is 0 Å². The minimum atomic E-state index is 0.189. The molecule has 0 heterocycles. The van der Waals surface area contributed by atoms with E-state index in [1.54, 1.807) is 0 Å². The molecule has 2 aromatic rings. The fraction of sp³-hybridized carbons (Fsp3) is 0.294. The third-order valence-electron chi connectivity index (χ3n) is 3.12. The monoisotopic (exact) mass is 239 g/mol. The molecule has 0 aliphatic carbocycles. The van der Waals surface area contributed by atoms with Crippen LogP contribution in [0.2, 0.25) is 0 Å². The molecule has 0 radical (unpaired) electrons.